The van der Waals surface area contributed by atoms with Gasteiger partial charge in [0.25, 0.3) is 0 Å². The molecule has 2 aliphatic rings. The summed E-state index contributed by atoms with van der Waals surface area (Å²) in [7, 11) is 0. The van der Waals surface area contributed by atoms with Crippen LogP contribution in [0.1, 0.15) is 84.2 Å². The minimum atomic E-state index is -1.24. The number of epoxide rings is 1. The molecule has 3 heterocycles. The van der Waals surface area contributed by atoms with Gasteiger partial charge in [-0.15, -0.1) is 0 Å². The maximum absolute atomic E-state index is 13.3. The molecule has 0 bridgehead atoms. The van der Waals surface area contributed by atoms with E-state index < -0.39 is 35.6 Å². The molecule has 7 unspecified atom stereocenters. The number of fused-ring (bicyclic) bond motifs is 2. The van der Waals surface area contributed by atoms with Crippen molar-refractivity contribution in [2.75, 3.05) is 0 Å². The molecule has 0 saturated carbocycles. The number of Topliss-reactive ketones (excluding diaryl/α,β-unsaturated/α-hetero) is 1. The quantitative estimate of drug-likeness (QED) is 0.396. The second-order valence-corrected chi connectivity index (χ2v) is 11.7. The number of benzene rings is 1. The van der Waals surface area contributed by atoms with E-state index in [-0.39, 0.29) is 29.8 Å². The van der Waals surface area contributed by atoms with Gasteiger partial charge in [0.05, 0.1) is 46.8 Å². The highest BCUT2D eigenvalue weighted by Crippen LogP contribution is 2.46. The number of rotatable bonds is 1. The Bertz CT molecular complexity index is 1130. The van der Waals surface area contributed by atoms with Crippen LogP contribution in [0.4, 0.5) is 0 Å². The summed E-state index contributed by atoms with van der Waals surface area (Å²) >= 11 is 0. The lowest BCUT2D eigenvalue weighted by molar-refractivity contribution is -0.156. The summed E-state index contributed by atoms with van der Waals surface area (Å²) in [5.74, 6) is -0.771. The smallest absolute Gasteiger partial charge is 0.309 e. The molecule has 2 saturated heterocycles. The topological polar surface area (TPSA) is 125 Å². The molecule has 7 atom stereocenters. The Kier molecular flexibility index (Phi) is 7.34. The number of carbonyl (C=O) groups is 2. The van der Waals surface area contributed by atoms with Crippen LogP contribution in [0, 0.1) is 24.2 Å². The highest BCUT2D eigenvalue weighted by atomic mass is 16.6. The highest BCUT2D eigenvalue weighted by molar-refractivity contribution is 5.88. The number of aromatic nitrogens is 2. The molecular formula is C28H40N2O6. The molecule has 0 spiro atoms. The molecule has 2 fully saturated rings. The molecule has 2 aliphatic heterocycles. The monoisotopic (exact) mass is 500 g/mol. The second kappa shape index (κ2) is 9.88. The summed E-state index contributed by atoms with van der Waals surface area (Å²) in [5.41, 5.74) is 0.999. The van der Waals surface area contributed by atoms with Gasteiger partial charge in [0.2, 0.25) is 0 Å². The highest BCUT2D eigenvalue weighted by Gasteiger charge is 2.53. The van der Waals surface area contributed by atoms with E-state index in [2.05, 4.69) is 16.9 Å². The molecule has 8 nitrogen and oxygen atoms in total. The lowest BCUT2D eigenvalue weighted by Gasteiger charge is -2.34. The minimum absolute atomic E-state index is 0.0653. The number of carbonyl (C=O) groups excluding carboxylic acids is 2. The molecule has 0 aliphatic carbocycles. The van der Waals surface area contributed by atoms with Crippen LogP contribution in [0.25, 0.3) is 11.0 Å². The number of nitrogens with one attached hydrogen (secondary N) is 1. The zero-order chi connectivity index (χ0) is 26.4. The summed E-state index contributed by atoms with van der Waals surface area (Å²) < 4.78 is 12.0. The third-order valence-corrected chi connectivity index (χ3v) is 8.40. The average Bonchev–Trinajstić information content (AvgIpc) is 3.28. The van der Waals surface area contributed by atoms with E-state index in [0.717, 1.165) is 41.7 Å². The van der Waals surface area contributed by atoms with Crippen molar-refractivity contribution in [2.24, 2.45) is 17.3 Å². The van der Waals surface area contributed by atoms with E-state index in [1.54, 1.807) is 20.8 Å². The number of cyclic esters (lactones) is 1. The van der Waals surface area contributed by atoms with E-state index >= 15 is 0 Å². The summed E-state index contributed by atoms with van der Waals surface area (Å²) in [4.78, 5) is 34.0. The average molecular weight is 501 g/mol. The molecule has 198 valence electrons. The van der Waals surface area contributed by atoms with Crippen molar-refractivity contribution < 1.29 is 29.3 Å². The van der Waals surface area contributed by atoms with Crippen LogP contribution in [-0.4, -0.2) is 55.8 Å². The second-order valence-electron chi connectivity index (χ2n) is 11.7. The Balaban J connectivity index is 1.61. The Labute approximate surface area is 212 Å². The van der Waals surface area contributed by atoms with Crippen LogP contribution in [-0.2, 0) is 19.1 Å². The predicted molar refractivity (Wildman–Crippen MR) is 135 cm³/mol. The molecule has 1 aromatic heterocycles. The predicted octanol–water partition coefficient (Wildman–Crippen LogP) is 4.17. The van der Waals surface area contributed by atoms with Crippen LogP contribution >= 0.6 is 0 Å². The fourth-order valence-electron chi connectivity index (χ4n) is 5.57. The van der Waals surface area contributed by atoms with Crippen molar-refractivity contribution in [1.82, 2.24) is 9.97 Å². The van der Waals surface area contributed by atoms with Gasteiger partial charge in [0.1, 0.15) is 17.7 Å². The number of aliphatic hydroxyl groups excluding tert-OH is 2. The Morgan fingerprint density at radius 3 is 2.58 bits per heavy atom. The molecule has 2 aromatic rings. The fraction of sp³-hybridized carbons (Fsp3) is 0.679. The van der Waals surface area contributed by atoms with Gasteiger partial charge in [-0.3, -0.25) is 9.59 Å². The third kappa shape index (κ3) is 5.36. The first-order valence-electron chi connectivity index (χ1n) is 13.1. The normalized spacial score (nSPS) is 36.3. The molecule has 36 heavy (non-hydrogen) atoms. The van der Waals surface area contributed by atoms with E-state index in [1.807, 2.05) is 32.0 Å². The number of hydrogen-bond donors (Lipinski definition) is 3. The zero-order valence-electron chi connectivity index (χ0n) is 22.2. The number of nitrogens with zero attached hydrogens (tertiary/aromatic N) is 1. The van der Waals surface area contributed by atoms with Gasteiger partial charge >= 0.3 is 5.97 Å². The van der Waals surface area contributed by atoms with Crippen LogP contribution < -0.4 is 0 Å². The van der Waals surface area contributed by atoms with E-state index in [9.17, 15) is 19.8 Å². The standard InChI is InChI=1S/C28H40N2O6/c1-15-8-7-11-28(6)23(36-28)13-21(18-9-10-19-20(12-18)30-17(3)29-19)35-24(32)14-22(31)27(4,5)26(34)16(2)25(15)33/h9-10,12,15-16,21-23,25,31,33H,7-8,11,13-14H2,1-6H3,(H,29,30). The maximum Gasteiger partial charge on any atom is 0.309 e. The number of aliphatic hydroxyl groups is 2. The molecular weight excluding hydrogens is 460 g/mol. The number of ketones is 1. The van der Waals surface area contributed by atoms with Gasteiger partial charge in [0, 0.05) is 12.3 Å². The molecule has 0 radical (unpaired) electrons. The fourth-order valence-corrected chi connectivity index (χ4v) is 5.57. The molecule has 4 rings (SSSR count). The number of aromatic amines is 1. The van der Waals surface area contributed by atoms with Crippen LogP contribution in [0.15, 0.2) is 18.2 Å². The van der Waals surface area contributed by atoms with Crippen molar-refractivity contribution in [3.05, 3.63) is 29.6 Å². The Morgan fingerprint density at radius 2 is 1.86 bits per heavy atom. The number of hydrogen-bond acceptors (Lipinski definition) is 7. The van der Waals surface area contributed by atoms with Crippen LogP contribution in [0.5, 0.6) is 0 Å². The van der Waals surface area contributed by atoms with Crippen molar-refractivity contribution in [1.29, 1.82) is 0 Å². The van der Waals surface area contributed by atoms with Gasteiger partial charge in [-0.05, 0) is 50.3 Å². The minimum Gasteiger partial charge on any atom is -0.457 e. The lowest BCUT2D eigenvalue weighted by Crippen LogP contribution is -2.45. The number of ether oxygens (including phenoxy) is 2. The van der Waals surface area contributed by atoms with Gasteiger partial charge in [0.15, 0.2) is 0 Å². The Hall–Kier alpha value is -2.29. The van der Waals surface area contributed by atoms with Gasteiger partial charge in [-0.1, -0.05) is 40.2 Å². The number of esters is 1. The van der Waals surface area contributed by atoms with E-state index in [4.69, 9.17) is 9.47 Å². The summed E-state index contributed by atoms with van der Waals surface area (Å²) in [6, 6.07) is 5.76. The SMILES string of the molecule is Cc1nc2ccc(C3CC4OC4(C)CCCC(C)C(O)C(C)C(=O)C(C)(C)C(O)CC(=O)O3)cc2[nH]1. The third-order valence-electron chi connectivity index (χ3n) is 8.40. The zero-order valence-corrected chi connectivity index (χ0v) is 22.2. The summed E-state index contributed by atoms with van der Waals surface area (Å²) in [6.45, 7) is 10.9. The van der Waals surface area contributed by atoms with Gasteiger partial charge in [-0.2, -0.15) is 0 Å². The van der Waals surface area contributed by atoms with Crippen molar-refractivity contribution in [3.8, 4) is 0 Å². The summed E-state index contributed by atoms with van der Waals surface area (Å²) in [5, 5.41) is 21.8. The van der Waals surface area contributed by atoms with Gasteiger partial charge in [-0.25, -0.2) is 4.98 Å². The Morgan fingerprint density at radius 1 is 1.14 bits per heavy atom. The molecule has 3 N–H and O–H groups in total. The van der Waals surface area contributed by atoms with Crippen molar-refractivity contribution in [3.63, 3.8) is 0 Å². The van der Waals surface area contributed by atoms with Crippen LogP contribution in [0.3, 0.4) is 0 Å². The molecule has 0 amide bonds. The number of imidazole rings is 1. The van der Waals surface area contributed by atoms with Crippen LogP contribution in [0.2, 0.25) is 0 Å². The van der Waals surface area contributed by atoms with Crippen molar-refractivity contribution in [2.45, 2.75) is 104 Å². The van der Waals surface area contributed by atoms with E-state index in [1.165, 1.54) is 0 Å². The number of aryl methyl sites for hydroxylation is 1. The molecule has 8 heteroatoms. The lowest BCUT2D eigenvalue weighted by atomic mass is 9.73. The largest absolute Gasteiger partial charge is 0.457 e. The van der Waals surface area contributed by atoms with Gasteiger partial charge < -0.3 is 24.7 Å². The maximum atomic E-state index is 13.3. The molecule has 1 aromatic carbocycles. The first-order valence-corrected chi connectivity index (χ1v) is 13.1. The van der Waals surface area contributed by atoms with E-state index in [0.29, 0.717) is 6.42 Å². The first-order chi connectivity index (χ1) is 16.8. The first kappa shape index (κ1) is 26.8. The number of H-pyrrole nitrogens is 1. The van der Waals surface area contributed by atoms with Crippen molar-refractivity contribution >= 4 is 22.8 Å². The summed E-state index contributed by atoms with van der Waals surface area (Å²) in [6.07, 6.45) is -0.0738.